The molecule has 1 aliphatic rings. The molecule has 3 nitrogen and oxygen atoms in total. The molecule has 0 aliphatic heterocycles. The van der Waals surface area contributed by atoms with Crippen LogP contribution in [-0.4, -0.2) is 21.0 Å². The minimum Gasteiger partial charge on any atom is -0.481 e. The Balaban J connectivity index is 2.23. The number of rotatable bonds is 5. The SMILES string of the molecule is Cc1ccc(C)n1C1C=CC(CCCBr)(C(=O)O)C1. The van der Waals surface area contributed by atoms with E-state index in [0.29, 0.717) is 12.8 Å². The maximum Gasteiger partial charge on any atom is 0.313 e. The van der Waals surface area contributed by atoms with Gasteiger partial charge in [0.25, 0.3) is 0 Å². The maximum absolute atomic E-state index is 11.6. The van der Waals surface area contributed by atoms with Crippen LogP contribution in [0.1, 0.15) is 36.7 Å². The molecular weight excluding hydrogens is 306 g/mol. The number of aryl methyl sites for hydroxylation is 2. The quantitative estimate of drug-likeness (QED) is 0.660. The van der Waals surface area contributed by atoms with Gasteiger partial charge in [0.1, 0.15) is 0 Å². The largest absolute Gasteiger partial charge is 0.481 e. The van der Waals surface area contributed by atoms with E-state index in [1.54, 1.807) is 0 Å². The van der Waals surface area contributed by atoms with Crippen molar-refractivity contribution in [3.63, 3.8) is 0 Å². The second-order valence-electron chi connectivity index (χ2n) is 5.37. The van der Waals surface area contributed by atoms with Gasteiger partial charge in [0.2, 0.25) is 0 Å². The lowest BCUT2D eigenvalue weighted by Crippen LogP contribution is -2.28. The lowest BCUT2D eigenvalue weighted by atomic mass is 9.82. The molecule has 0 radical (unpaired) electrons. The van der Waals surface area contributed by atoms with Gasteiger partial charge in [-0.05, 0) is 45.2 Å². The van der Waals surface area contributed by atoms with Gasteiger partial charge in [0, 0.05) is 16.7 Å². The molecule has 0 amide bonds. The molecule has 1 aliphatic carbocycles. The molecule has 0 saturated heterocycles. The van der Waals surface area contributed by atoms with E-state index in [-0.39, 0.29) is 6.04 Å². The molecule has 0 spiro atoms. The number of halogens is 1. The van der Waals surface area contributed by atoms with Crippen LogP contribution in [0, 0.1) is 19.3 Å². The molecule has 0 fully saturated rings. The van der Waals surface area contributed by atoms with Crippen LogP contribution in [0.4, 0.5) is 0 Å². The lowest BCUT2D eigenvalue weighted by Gasteiger charge is -2.25. The summed E-state index contributed by atoms with van der Waals surface area (Å²) in [5.41, 5.74) is 1.68. The molecule has 1 N–H and O–H groups in total. The van der Waals surface area contributed by atoms with Gasteiger partial charge in [0.15, 0.2) is 0 Å². The Morgan fingerprint density at radius 3 is 2.63 bits per heavy atom. The van der Waals surface area contributed by atoms with Crippen molar-refractivity contribution in [2.75, 3.05) is 5.33 Å². The maximum atomic E-state index is 11.6. The van der Waals surface area contributed by atoms with Crippen LogP contribution in [0.5, 0.6) is 0 Å². The van der Waals surface area contributed by atoms with E-state index in [2.05, 4.69) is 52.6 Å². The summed E-state index contributed by atoms with van der Waals surface area (Å²) in [6.07, 6.45) is 6.20. The van der Waals surface area contributed by atoms with E-state index >= 15 is 0 Å². The number of hydrogen-bond acceptors (Lipinski definition) is 1. The minimum atomic E-state index is -0.699. The van der Waals surface area contributed by atoms with Gasteiger partial charge < -0.3 is 9.67 Å². The molecule has 2 rings (SSSR count). The van der Waals surface area contributed by atoms with Gasteiger partial charge in [-0.1, -0.05) is 28.1 Å². The van der Waals surface area contributed by atoms with Gasteiger partial charge in [-0.15, -0.1) is 0 Å². The molecule has 19 heavy (non-hydrogen) atoms. The summed E-state index contributed by atoms with van der Waals surface area (Å²) in [6.45, 7) is 4.14. The van der Waals surface area contributed by atoms with Crippen LogP contribution in [0.2, 0.25) is 0 Å². The van der Waals surface area contributed by atoms with Crippen LogP contribution >= 0.6 is 15.9 Å². The van der Waals surface area contributed by atoms with Crippen molar-refractivity contribution in [2.45, 2.75) is 39.2 Å². The number of alkyl halides is 1. The lowest BCUT2D eigenvalue weighted by molar-refractivity contribution is -0.146. The van der Waals surface area contributed by atoms with Crippen molar-refractivity contribution in [1.29, 1.82) is 0 Å². The first kappa shape index (κ1) is 14.4. The molecule has 1 aromatic rings. The van der Waals surface area contributed by atoms with E-state index in [1.165, 1.54) is 11.4 Å². The number of aliphatic carboxylic acids is 1. The van der Waals surface area contributed by atoms with Crippen molar-refractivity contribution < 1.29 is 9.90 Å². The molecule has 1 aromatic heterocycles. The van der Waals surface area contributed by atoms with Crippen molar-refractivity contribution >= 4 is 21.9 Å². The van der Waals surface area contributed by atoms with Crippen LogP contribution in [0.15, 0.2) is 24.3 Å². The summed E-state index contributed by atoms with van der Waals surface area (Å²) in [7, 11) is 0. The van der Waals surface area contributed by atoms with Crippen LogP contribution in [0.25, 0.3) is 0 Å². The smallest absolute Gasteiger partial charge is 0.313 e. The normalized spacial score (nSPS) is 25.9. The molecule has 0 bridgehead atoms. The molecule has 2 unspecified atom stereocenters. The summed E-state index contributed by atoms with van der Waals surface area (Å²) in [5.74, 6) is -0.699. The highest BCUT2D eigenvalue weighted by molar-refractivity contribution is 9.09. The third-order valence-electron chi connectivity index (χ3n) is 4.05. The number of carboxylic acids is 1. The van der Waals surface area contributed by atoms with Crippen molar-refractivity contribution in [3.8, 4) is 0 Å². The third-order valence-corrected chi connectivity index (χ3v) is 4.61. The molecule has 0 aromatic carbocycles. The molecule has 0 saturated carbocycles. The number of carboxylic acid groups (broad SMARTS) is 1. The fraction of sp³-hybridized carbons (Fsp3) is 0.533. The van der Waals surface area contributed by atoms with Crippen molar-refractivity contribution in [1.82, 2.24) is 4.57 Å². The van der Waals surface area contributed by atoms with Crippen molar-refractivity contribution in [2.24, 2.45) is 5.41 Å². The van der Waals surface area contributed by atoms with Gasteiger partial charge in [-0.2, -0.15) is 0 Å². The molecular formula is C15H20BrNO2. The fourth-order valence-electron chi connectivity index (χ4n) is 3.02. The Labute approximate surface area is 122 Å². The van der Waals surface area contributed by atoms with E-state index in [0.717, 1.165) is 11.8 Å². The molecule has 4 heteroatoms. The van der Waals surface area contributed by atoms with Gasteiger partial charge in [0.05, 0.1) is 11.5 Å². The summed E-state index contributed by atoms with van der Waals surface area (Å²) in [6, 6.07) is 4.34. The summed E-state index contributed by atoms with van der Waals surface area (Å²) < 4.78 is 2.23. The van der Waals surface area contributed by atoms with Gasteiger partial charge in [-0.25, -0.2) is 0 Å². The zero-order valence-electron chi connectivity index (χ0n) is 11.4. The van der Waals surface area contributed by atoms with E-state index < -0.39 is 11.4 Å². The topological polar surface area (TPSA) is 42.2 Å². The zero-order chi connectivity index (χ0) is 14.0. The fourth-order valence-corrected chi connectivity index (χ4v) is 3.30. The minimum absolute atomic E-state index is 0.168. The van der Waals surface area contributed by atoms with Crippen LogP contribution in [-0.2, 0) is 4.79 Å². The molecule has 104 valence electrons. The average Bonchev–Trinajstić information content (AvgIpc) is 2.92. The van der Waals surface area contributed by atoms with E-state index in [9.17, 15) is 9.90 Å². The monoisotopic (exact) mass is 325 g/mol. The Morgan fingerprint density at radius 2 is 2.11 bits per heavy atom. The number of aromatic nitrogens is 1. The molecule has 2 atom stereocenters. The highest BCUT2D eigenvalue weighted by Crippen LogP contribution is 2.43. The summed E-state index contributed by atoms with van der Waals surface area (Å²) >= 11 is 3.38. The average molecular weight is 326 g/mol. The van der Waals surface area contributed by atoms with Crippen molar-refractivity contribution in [3.05, 3.63) is 35.7 Å². The molecule has 1 heterocycles. The Kier molecular flexibility index (Phi) is 4.19. The highest BCUT2D eigenvalue weighted by atomic mass is 79.9. The summed E-state index contributed by atoms with van der Waals surface area (Å²) in [4.78, 5) is 11.6. The predicted octanol–water partition coefficient (Wildman–Crippen LogP) is 3.85. The number of allylic oxidation sites excluding steroid dienone is 1. The number of carbonyl (C=O) groups is 1. The van der Waals surface area contributed by atoms with E-state index in [1.807, 2.05) is 6.08 Å². The van der Waals surface area contributed by atoms with E-state index in [4.69, 9.17) is 0 Å². The first-order valence-corrected chi connectivity index (χ1v) is 7.75. The van der Waals surface area contributed by atoms with Crippen LogP contribution in [0.3, 0.4) is 0 Å². The Hall–Kier alpha value is -1.03. The number of nitrogens with zero attached hydrogens (tertiary/aromatic N) is 1. The summed E-state index contributed by atoms with van der Waals surface area (Å²) in [5, 5.41) is 10.4. The zero-order valence-corrected chi connectivity index (χ0v) is 13.0. The second-order valence-corrected chi connectivity index (χ2v) is 6.16. The Morgan fingerprint density at radius 1 is 1.47 bits per heavy atom. The van der Waals surface area contributed by atoms with Gasteiger partial charge >= 0.3 is 5.97 Å². The second kappa shape index (κ2) is 5.53. The third kappa shape index (κ3) is 2.64. The first-order chi connectivity index (χ1) is 9.00. The van der Waals surface area contributed by atoms with Gasteiger partial charge in [-0.3, -0.25) is 4.79 Å². The predicted molar refractivity (Wildman–Crippen MR) is 79.8 cm³/mol. The van der Waals surface area contributed by atoms with Crippen LogP contribution < -0.4 is 0 Å². The Bertz CT molecular complexity index is 487. The standard InChI is InChI=1S/C15H20BrNO2/c1-11-4-5-12(2)17(11)13-6-8-15(10-13,14(18)19)7-3-9-16/h4-6,8,13H,3,7,9-10H2,1-2H3,(H,18,19). The highest BCUT2D eigenvalue weighted by Gasteiger charge is 2.41. The first-order valence-electron chi connectivity index (χ1n) is 6.63. The number of hydrogen-bond donors (Lipinski definition) is 1.